The first-order chi connectivity index (χ1) is 48.5. The van der Waals surface area contributed by atoms with Crippen LogP contribution in [0.2, 0.25) is 0 Å². The van der Waals surface area contributed by atoms with Gasteiger partial charge in [-0.25, -0.2) is 5.43 Å². The number of unbranched alkanes of at least 4 members (excludes halogenated alkanes) is 1. The van der Waals surface area contributed by atoms with Gasteiger partial charge in [0.25, 0.3) is 0 Å². The van der Waals surface area contributed by atoms with Crippen molar-refractivity contribution in [3.8, 4) is 0 Å². The van der Waals surface area contributed by atoms with E-state index in [1.54, 1.807) is 0 Å². The number of hydrazine groups is 1. The SMILES string of the molecule is CC(=O)[C@H](CCCCN)NNC(=O)CCCC(=O)NCCO[C@H]1O[C@H](CO[C@H]2O[C@H](CO)[C@@H](O)[C@H](O)[C@@H]2O)[C@@H](O)[C@H](O[C@H]2O[C@H](CO)[C@@H](O)[C@H](O)[C@@H]2O)[C@@H]1O.CCCC(=O)CCCC(=O)CCCO[C@H]1O[C@H](CO[C@H]2O[C@H](CO)[C@@H](O)[C@H](O)[C@@H]2O)[C@@H](O)[C@H](O[C@H]2O[C@H](CO)[C@@H](O)[C@H](O)[C@@H]2O)[C@@H]1O. The average molecular weight is 1490 g/mol. The fraction of sp³-hybridized carbons (Fsp3) is 0.918. The maximum atomic E-state index is 12.4. The summed E-state index contributed by atoms with van der Waals surface area (Å²) in [5.41, 5.74) is 10.6. The number of nitrogens with one attached hydrogen (secondary N) is 3. The molecule has 41 heteroatoms. The summed E-state index contributed by atoms with van der Waals surface area (Å²) in [4.78, 5) is 60.3. The minimum absolute atomic E-state index is 0.0167. The molecule has 0 aromatic carbocycles. The molecule has 31 atom stereocenters. The number of rotatable bonds is 40. The quantitative estimate of drug-likeness (QED) is 0.0200. The molecule has 6 heterocycles. The van der Waals surface area contributed by atoms with Crippen molar-refractivity contribution in [2.24, 2.45) is 5.73 Å². The van der Waals surface area contributed by atoms with Crippen LogP contribution in [-0.2, 0) is 80.8 Å². The van der Waals surface area contributed by atoms with Crippen molar-refractivity contribution >= 4 is 29.2 Å². The summed E-state index contributed by atoms with van der Waals surface area (Å²) in [6.07, 6.45) is -45.5. The topological polar surface area (TPSA) is 663 Å². The van der Waals surface area contributed by atoms with Gasteiger partial charge < -0.3 is 170 Å². The van der Waals surface area contributed by atoms with Crippen LogP contribution < -0.4 is 21.9 Å². The number of aliphatic hydroxyl groups is 20. The van der Waals surface area contributed by atoms with E-state index in [0.29, 0.717) is 38.6 Å². The fourth-order valence-corrected chi connectivity index (χ4v) is 11.6. The van der Waals surface area contributed by atoms with Gasteiger partial charge in [0.15, 0.2) is 37.7 Å². The Morgan fingerprint density at radius 2 is 0.755 bits per heavy atom. The van der Waals surface area contributed by atoms with Crippen molar-refractivity contribution < 1.29 is 183 Å². The molecule has 0 unspecified atom stereocenters. The second-order valence-electron chi connectivity index (χ2n) is 25.6. The van der Waals surface area contributed by atoms with E-state index in [1.807, 2.05) is 6.92 Å². The van der Waals surface area contributed by atoms with E-state index in [-0.39, 0.29) is 75.6 Å². The number of hydrogen-bond acceptors (Lipinski definition) is 39. The van der Waals surface area contributed by atoms with Gasteiger partial charge in [-0.15, -0.1) is 0 Å². The lowest BCUT2D eigenvalue weighted by molar-refractivity contribution is -0.366. The van der Waals surface area contributed by atoms with Crippen LogP contribution >= 0.6 is 0 Å². The van der Waals surface area contributed by atoms with E-state index >= 15 is 0 Å². The number of amides is 2. The molecule has 0 radical (unpaired) electrons. The van der Waals surface area contributed by atoms with Gasteiger partial charge in [-0.2, -0.15) is 0 Å². The number of ketones is 3. The molecule has 6 aliphatic rings. The minimum Gasteiger partial charge on any atom is -0.394 e. The van der Waals surface area contributed by atoms with E-state index in [2.05, 4.69) is 16.2 Å². The van der Waals surface area contributed by atoms with Gasteiger partial charge in [-0.3, -0.25) is 29.4 Å². The molecular weight excluding hydrogens is 1380 g/mol. The molecule has 102 heavy (non-hydrogen) atoms. The highest BCUT2D eigenvalue weighted by Gasteiger charge is 2.55. The molecule has 0 spiro atoms. The summed E-state index contributed by atoms with van der Waals surface area (Å²) in [6.45, 7) is -0.971. The lowest BCUT2D eigenvalue weighted by atomic mass is 9.96. The zero-order chi connectivity index (χ0) is 75.7. The van der Waals surface area contributed by atoms with Crippen molar-refractivity contribution in [2.45, 2.75) is 288 Å². The predicted octanol–water partition coefficient (Wildman–Crippen LogP) is -12.2. The third-order valence-electron chi connectivity index (χ3n) is 17.8. The molecule has 6 rings (SSSR count). The van der Waals surface area contributed by atoms with Crippen molar-refractivity contribution in [2.75, 3.05) is 65.9 Å². The summed E-state index contributed by atoms with van der Waals surface area (Å²) in [5.74, 6) is -0.997. The van der Waals surface area contributed by atoms with Gasteiger partial charge in [0.2, 0.25) is 11.8 Å². The van der Waals surface area contributed by atoms with Crippen LogP contribution in [0.1, 0.15) is 97.3 Å². The van der Waals surface area contributed by atoms with Crippen LogP contribution in [0.25, 0.3) is 0 Å². The predicted molar refractivity (Wildman–Crippen MR) is 333 cm³/mol. The second kappa shape index (κ2) is 44.8. The molecule has 6 aliphatic heterocycles. The average Bonchev–Trinajstić information content (AvgIpc) is 0.792. The number of carbonyl (C=O) groups is 5. The van der Waals surface area contributed by atoms with Crippen LogP contribution in [-0.4, -0.2) is 388 Å². The van der Waals surface area contributed by atoms with Crippen molar-refractivity contribution in [3.63, 3.8) is 0 Å². The fourth-order valence-electron chi connectivity index (χ4n) is 11.6. The van der Waals surface area contributed by atoms with Crippen LogP contribution in [0.3, 0.4) is 0 Å². The van der Waals surface area contributed by atoms with Gasteiger partial charge in [-0.1, -0.05) is 13.3 Å². The highest BCUT2D eigenvalue weighted by atomic mass is 16.8. The van der Waals surface area contributed by atoms with Crippen molar-refractivity contribution in [3.05, 3.63) is 0 Å². The Balaban J connectivity index is 0.000000372. The molecular formula is C61H108N4O37. The normalized spacial score (nSPS) is 39.0. The monoisotopic (exact) mass is 1490 g/mol. The first kappa shape index (κ1) is 89.2. The van der Waals surface area contributed by atoms with E-state index < -0.39 is 242 Å². The summed E-state index contributed by atoms with van der Waals surface area (Å²) in [7, 11) is 0. The third-order valence-corrected chi connectivity index (χ3v) is 17.8. The third kappa shape index (κ3) is 25.6. The molecule has 0 aromatic heterocycles. The number of Topliss-reactive ketones (excluding diaryl/α,β-unsaturated/α-hetero) is 3. The molecule has 594 valence electrons. The van der Waals surface area contributed by atoms with E-state index in [1.165, 1.54) is 6.92 Å². The van der Waals surface area contributed by atoms with Gasteiger partial charge in [0.1, 0.15) is 164 Å². The molecule has 41 nitrogen and oxygen atoms in total. The Morgan fingerprint density at radius 3 is 1.17 bits per heavy atom. The highest BCUT2D eigenvalue weighted by molar-refractivity contribution is 5.83. The molecule has 0 aliphatic carbocycles. The number of carbonyl (C=O) groups excluding carboxylic acids is 5. The number of nitrogens with two attached hydrogens (primary N) is 1. The van der Waals surface area contributed by atoms with E-state index in [4.69, 9.17) is 62.6 Å². The molecule has 0 saturated carbocycles. The van der Waals surface area contributed by atoms with Gasteiger partial charge >= 0.3 is 0 Å². The Labute approximate surface area is 586 Å². The first-order valence-electron chi connectivity index (χ1n) is 34.1. The molecule has 0 bridgehead atoms. The Kier molecular flexibility index (Phi) is 39.2. The van der Waals surface area contributed by atoms with E-state index in [0.717, 1.165) is 12.8 Å². The van der Waals surface area contributed by atoms with Gasteiger partial charge in [-0.05, 0) is 52.0 Å². The van der Waals surface area contributed by atoms with Crippen LogP contribution in [0, 0.1) is 0 Å². The Morgan fingerprint density at radius 1 is 0.392 bits per heavy atom. The number of hydrogen-bond donors (Lipinski definition) is 24. The van der Waals surface area contributed by atoms with Crippen LogP contribution in [0.15, 0.2) is 0 Å². The first-order valence-corrected chi connectivity index (χ1v) is 34.1. The molecule has 25 N–H and O–H groups in total. The number of aliphatic hydroxyl groups excluding tert-OH is 20. The Hall–Kier alpha value is -3.41. The summed E-state index contributed by atoms with van der Waals surface area (Å²) >= 11 is 0. The summed E-state index contributed by atoms with van der Waals surface area (Å²) in [5, 5.41) is 207. The summed E-state index contributed by atoms with van der Waals surface area (Å²) in [6, 6.07) is -0.562. The lowest BCUT2D eigenvalue weighted by Crippen LogP contribution is -2.65. The minimum atomic E-state index is -1.91. The molecule has 6 saturated heterocycles. The smallest absolute Gasteiger partial charge is 0.234 e. The molecule has 6 fully saturated rings. The maximum absolute atomic E-state index is 12.4. The van der Waals surface area contributed by atoms with Crippen LogP contribution in [0.4, 0.5) is 0 Å². The molecule has 0 aromatic rings. The van der Waals surface area contributed by atoms with Gasteiger partial charge in [0, 0.05) is 45.1 Å². The van der Waals surface area contributed by atoms with E-state index in [9.17, 15) is 126 Å². The Bertz CT molecular complexity index is 2450. The van der Waals surface area contributed by atoms with Crippen LogP contribution in [0.5, 0.6) is 0 Å². The second-order valence-corrected chi connectivity index (χ2v) is 25.6. The summed E-state index contributed by atoms with van der Waals surface area (Å²) < 4.78 is 66.3. The zero-order valence-electron chi connectivity index (χ0n) is 56.6. The van der Waals surface area contributed by atoms with Crippen molar-refractivity contribution in [1.82, 2.24) is 16.2 Å². The largest absolute Gasteiger partial charge is 0.394 e. The maximum Gasteiger partial charge on any atom is 0.234 e. The lowest BCUT2D eigenvalue weighted by Gasteiger charge is -2.46. The zero-order valence-corrected chi connectivity index (χ0v) is 56.6. The van der Waals surface area contributed by atoms with Crippen molar-refractivity contribution in [1.29, 1.82) is 0 Å². The standard InChI is InChI=1S/C32H58N4O19.C29H50O18/c1-14(39)15(5-2-3-8-33)35-36-20(41)7-4-6-19(40)34-9-10-50-31-28(49)29(55-32-27(48)25(46)22(43)17(12-38)53-32)23(44)18(54-31)13-51-30-26(47)24(45)21(42)16(11-37)52-30;1-2-5-13(32)6-3-7-14(33)8-4-9-42-28-25(41)26(47-29-24(40)22(38)19(35)16(11-31)45-29)20(36)17(46-28)12-43-27-23(39)21(37)18(34)15(10-30)44-27/h15-18,21-32,35,37-38,42-49H,2-13,33H2,1H3,(H,34,40)(H,36,41);15-31,34-41H,2-12H2,1H3/t15-,16+,17+,18+,21+,22+,23+,24-,25-,26-,27-,28-,29-,30-,31-,32+;15-,16-,17-,18-,19-,20-,21+,22+,23+,24+,25+,26+,27+,28+,29-/m01/s1. The molecule has 2 amide bonds. The van der Waals surface area contributed by atoms with Gasteiger partial charge in [0.05, 0.1) is 58.9 Å². The highest BCUT2D eigenvalue weighted by Crippen LogP contribution is 2.34. The number of ether oxygens (including phenoxy) is 12.